The molecule has 0 N–H and O–H groups in total. The lowest BCUT2D eigenvalue weighted by Crippen LogP contribution is -2.50. The lowest BCUT2D eigenvalue weighted by atomic mass is 9.59. The molecule has 0 unspecified atom stereocenters. The Kier molecular flexibility index (Phi) is 7.70. The largest absolute Gasteiger partial charge is 0.456 e. The number of furan rings is 1. The van der Waals surface area contributed by atoms with Crippen LogP contribution in [0, 0.1) is 0 Å². The minimum absolute atomic E-state index is 0.172. The van der Waals surface area contributed by atoms with Crippen molar-refractivity contribution in [3.63, 3.8) is 0 Å². The second-order valence-corrected chi connectivity index (χ2v) is 15.4. The first-order valence-electron chi connectivity index (χ1n) is 18.4. The van der Waals surface area contributed by atoms with Crippen molar-refractivity contribution >= 4 is 150 Å². The van der Waals surface area contributed by atoms with E-state index in [-0.39, 0.29) is 49.1 Å². The number of fused-ring (bicyclic) bond motifs is 8. The van der Waals surface area contributed by atoms with E-state index < -0.39 is 0 Å². The highest BCUT2D eigenvalue weighted by atomic mass is 16.3. The molecule has 8 aromatic carbocycles. The third kappa shape index (κ3) is 4.73. The van der Waals surface area contributed by atoms with Gasteiger partial charge in [0.25, 0.3) is 0 Å². The molecule has 0 saturated carbocycles. The van der Waals surface area contributed by atoms with Crippen LogP contribution in [0.25, 0.3) is 88.0 Å². The van der Waals surface area contributed by atoms with Gasteiger partial charge in [-0.15, -0.1) is 21.9 Å². The van der Waals surface area contributed by atoms with E-state index in [1.165, 1.54) is 11.1 Å². The topological polar surface area (TPSA) is 13.1 Å². The van der Waals surface area contributed by atoms with Crippen molar-refractivity contribution in [2.75, 3.05) is 0 Å². The fraction of sp³-hybridized carbons (Fsp3) is 0.0638. The summed E-state index contributed by atoms with van der Waals surface area (Å²) in [6, 6.07) is 37.4. The Labute approximate surface area is 336 Å². The van der Waals surface area contributed by atoms with E-state index in [4.69, 9.17) is 67.2 Å². The van der Waals surface area contributed by atoms with E-state index in [1.807, 2.05) is 42.5 Å². The fourth-order valence-corrected chi connectivity index (χ4v) is 9.11. The number of hydrogen-bond acceptors (Lipinski definition) is 1. The maximum absolute atomic E-state index is 7.07. The zero-order valence-electron chi connectivity index (χ0n) is 30.9. The summed E-state index contributed by atoms with van der Waals surface area (Å²) in [6.45, 7) is 4.50. The van der Waals surface area contributed by atoms with E-state index in [2.05, 4.69) is 80.6 Å². The van der Waals surface area contributed by atoms with Gasteiger partial charge in [-0.2, -0.15) is 0 Å². The number of hydrogen-bond donors (Lipinski definition) is 0. The Morgan fingerprint density at radius 2 is 0.804 bits per heavy atom. The standard InChI is InChI=1S/C47H24B8O/c1-47(2)29-19-22(21-8-4-3-5-9-21)12-15-25(29)26-16-13-24(20-30(26)47)34-37-35(39(48)43(52)45(54)41(37)50)33(36-38(34)42(51)46(55)44(53)40(36)49)23-14-17-32-28(18-23)27-10-6-7-11-31(27)56-32/h3-20H,1-2H3. The van der Waals surface area contributed by atoms with Crippen LogP contribution in [0.5, 0.6) is 0 Å². The number of benzene rings is 8. The molecule has 0 bridgehead atoms. The van der Waals surface area contributed by atoms with Gasteiger partial charge in [0.2, 0.25) is 0 Å². The van der Waals surface area contributed by atoms with E-state index in [1.54, 1.807) is 0 Å². The van der Waals surface area contributed by atoms with E-state index >= 15 is 0 Å². The predicted octanol–water partition coefficient (Wildman–Crippen LogP) is 3.55. The maximum atomic E-state index is 7.07. The van der Waals surface area contributed by atoms with Crippen molar-refractivity contribution in [1.29, 1.82) is 0 Å². The summed E-state index contributed by atoms with van der Waals surface area (Å²) in [5, 5.41) is 4.20. The molecular weight excluding hydrogens is 667 g/mol. The molecule has 9 aromatic rings. The van der Waals surface area contributed by atoms with Crippen molar-refractivity contribution in [3.8, 4) is 44.5 Å². The van der Waals surface area contributed by atoms with Crippen LogP contribution in [-0.2, 0) is 5.41 Å². The summed E-state index contributed by atoms with van der Waals surface area (Å²) < 4.78 is 6.19. The Morgan fingerprint density at radius 1 is 0.375 bits per heavy atom. The van der Waals surface area contributed by atoms with Crippen LogP contribution in [0.1, 0.15) is 25.0 Å². The average Bonchev–Trinajstić information content (AvgIpc) is 3.70. The first-order valence-corrected chi connectivity index (χ1v) is 18.4. The van der Waals surface area contributed by atoms with E-state index in [0.29, 0.717) is 32.7 Å². The Morgan fingerprint density at radius 3 is 1.36 bits per heavy atom. The van der Waals surface area contributed by atoms with Gasteiger partial charge in [-0.05, 0) is 108 Å². The second kappa shape index (κ2) is 12.3. The Hall–Kier alpha value is -5.40. The Bertz CT molecular complexity index is 3120. The summed E-state index contributed by atoms with van der Waals surface area (Å²) in [5.74, 6) is 0. The zero-order valence-corrected chi connectivity index (χ0v) is 30.9. The van der Waals surface area contributed by atoms with Crippen LogP contribution in [0.4, 0.5) is 0 Å². The molecule has 1 heterocycles. The Balaban J connectivity index is 1.32. The van der Waals surface area contributed by atoms with Crippen LogP contribution in [0.3, 0.4) is 0 Å². The van der Waals surface area contributed by atoms with Crippen LogP contribution >= 0.6 is 0 Å². The predicted molar refractivity (Wildman–Crippen MR) is 246 cm³/mol. The van der Waals surface area contributed by atoms with Crippen molar-refractivity contribution in [2.45, 2.75) is 19.3 Å². The van der Waals surface area contributed by atoms with Crippen LogP contribution < -0.4 is 43.7 Å². The van der Waals surface area contributed by atoms with Gasteiger partial charge in [-0.3, -0.25) is 0 Å². The third-order valence-corrected chi connectivity index (χ3v) is 12.1. The monoisotopic (exact) mass is 692 g/mol. The second-order valence-electron chi connectivity index (χ2n) is 15.4. The van der Waals surface area contributed by atoms with Crippen molar-refractivity contribution in [3.05, 3.63) is 120 Å². The number of para-hydroxylation sites is 1. The van der Waals surface area contributed by atoms with Crippen molar-refractivity contribution in [2.24, 2.45) is 0 Å². The molecule has 0 aliphatic heterocycles. The number of rotatable bonds is 3. The highest BCUT2D eigenvalue weighted by Crippen LogP contribution is 2.52. The van der Waals surface area contributed by atoms with Gasteiger partial charge in [0, 0.05) is 16.2 Å². The molecule has 16 radical (unpaired) electrons. The van der Waals surface area contributed by atoms with Gasteiger partial charge in [0.05, 0.1) is 0 Å². The molecule has 242 valence electrons. The lowest BCUT2D eigenvalue weighted by Gasteiger charge is -2.29. The van der Waals surface area contributed by atoms with Crippen molar-refractivity contribution < 1.29 is 4.42 Å². The highest BCUT2D eigenvalue weighted by molar-refractivity contribution is 6.71. The first-order chi connectivity index (χ1) is 26.9. The third-order valence-electron chi connectivity index (χ3n) is 12.1. The molecule has 1 aliphatic rings. The van der Waals surface area contributed by atoms with Gasteiger partial charge in [0.15, 0.2) is 0 Å². The smallest absolute Gasteiger partial charge is 0.135 e. The summed E-state index contributed by atoms with van der Waals surface area (Å²) >= 11 is 0. The van der Waals surface area contributed by atoms with Gasteiger partial charge in [-0.25, -0.2) is 0 Å². The molecule has 0 amide bonds. The van der Waals surface area contributed by atoms with E-state index in [0.717, 1.165) is 55.3 Å². The summed E-state index contributed by atoms with van der Waals surface area (Å²) in [6.07, 6.45) is 0. The summed E-state index contributed by atoms with van der Waals surface area (Å²) in [5.41, 5.74) is 12.9. The normalized spacial score (nSPS) is 13.2. The molecule has 0 atom stereocenters. The molecule has 1 nitrogen and oxygen atoms in total. The van der Waals surface area contributed by atoms with Crippen molar-refractivity contribution in [1.82, 2.24) is 0 Å². The summed E-state index contributed by atoms with van der Waals surface area (Å²) in [7, 11) is 54.9. The van der Waals surface area contributed by atoms with Crippen LogP contribution in [0.15, 0.2) is 114 Å². The summed E-state index contributed by atoms with van der Waals surface area (Å²) in [4.78, 5) is 0. The van der Waals surface area contributed by atoms with Gasteiger partial charge >= 0.3 is 0 Å². The molecule has 9 heteroatoms. The van der Waals surface area contributed by atoms with Gasteiger partial charge in [-0.1, -0.05) is 115 Å². The molecule has 10 rings (SSSR count). The molecule has 1 aromatic heterocycles. The minimum Gasteiger partial charge on any atom is -0.456 e. The highest BCUT2D eigenvalue weighted by Gasteiger charge is 2.36. The molecule has 0 spiro atoms. The first kappa shape index (κ1) is 35.0. The van der Waals surface area contributed by atoms with E-state index in [9.17, 15) is 0 Å². The fourth-order valence-electron chi connectivity index (χ4n) is 9.11. The minimum atomic E-state index is -0.359. The zero-order chi connectivity index (χ0) is 38.9. The SMILES string of the molecule is [B]c1c([B])c([B])c2c(-c3ccc4oc5ccccc5c4c3)c3c([B])c([B])c([B])c([B])c3c(-c3ccc4c(c3)C(C)(C)c3cc(-c5ccccc5)ccc3-4)c2c1[B]. The van der Waals surface area contributed by atoms with Crippen LogP contribution in [0.2, 0.25) is 0 Å². The van der Waals surface area contributed by atoms with Crippen LogP contribution in [-0.4, -0.2) is 62.8 Å². The molecular formula is C47H24B8O. The molecule has 0 saturated heterocycles. The van der Waals surface area contributed by atoms with Gasteiger partial charge < -0.3 is 4.42 Å². The molecule has 0 fully saturated rings. The maximum Gasteiger partial charge on any atom is 0.135 e. The molecule has 56 heavy (non-hydrogen) atoms. The average molecular weight is 691 g/mol. The molecule has 1 aliphatic carbocycles. The van der Waals surface area contributed by atoms with Gasteiger partial charge in [0.1, 0.15) is 73.9 Å². The quantitative estimate of drug-likeness (QED) is 0.204. The lowest BCUT2D eigenvalue weighted by molar-refractivity contribution is 0.661.